The summed E-state index contributed by atoms with van der Waals surface area (Å²) < 4.78 is 12.5. The molecule has 0 heterocycles. The average Bonchev–Trinajstić information content (AvgIpc) is 3.40. The number of rotatable bonds is 19. The lowest BCUT2D eigenvalue weighted by Crippen LogP contribution is -2.28. The number of hydrogen-bond donors (Lipinski definition) is 0. The third-order valence-electron chi connectivity index (χ3n) is 10.2. The number of unbranched alkanes of at least 4 members (excludes halogenated alkanes) is 8. The van der Waals surface area contributed by atoms with E-state index < -0.39 is 5.41 Å². The van der Waals surface area contributed by atoms with Crippen LogP contribution < -0.4 is 9.47 Å². The summed E-state index contributed by atoms with van der Waals surface area (Å²) in [5.74, 6) is 1.89. The summed E-state index contributed by atoms with van der Waals surface area (Å²) in [4.78, 5) is 0. The van der Waals surface area contributed by atoms with Gasteiger partial charge in [-0.25, -0.2) is 0 Å². The van der Waals surface area contributed by atoms with Crippen LogP contribution in [-0.4, -0.2) is 13.2 Å². The van der Waals surface area contributed by atoms with Crippen molar-refractivity contribution < 1.29 is 9.47 Å². The van der Waals surface area contributed by atoms with Crippen molar-refractivity contribution in [1.29, 1.82) is 0 Å². The Hall–Kier alpha value is -3.78. The molecule has 0 spiro atoms. The fraction of sp³-hybridized carbons (Fsp3) is 0.435. The Balaban J connectivity index is 1.61. The maximum Gasteiger partial charge on any atom is 0.119 e. The first kappa shape index (κ1) is 35.5. The molecule has 2 heteroatoms. The standard InChI is InChI=1S/C46H58O2/c1-6-10-13-16-31-47-40-25-21-38(22-26-40)46(39-23-27-41(28-24-39)48-32-17-14-11-7-2)44-33-35(5)19-29-42(44)43-30-20-37(34-45(43)46)36(9-4)18-15-12-8-3/h9,19-30,33-34H,6-8,10-18,31-32H2,1-5H3. The van der Waals surface area contributed by atoms with Gasteiger partial charge in [-0.3, -0.25) is 0 Å². The van der Waals surface area contributed by atoms with Gasteiger partial charge in [0.15, 0.2) is 0 Å². The van der Waals surface area contributed by atoms with E-state index in [2.05, 4.69) is 126 Å². The second kappa shape index (κ2) is 17.6. The summed E-state index contributed by atoms with van der Waals surface area (Å²) in [6.45, 7) is 12.7. The zero-order valence-electron chi connectivity index (χ0n) is 30.4. The molecular weight excluding hydrogens is 585 g/mol. The average molecular weight is 643 g/mol. The molecule has 2 nitrogen and oxygen atoms in total. The van der Waals surface area contributed by atoms with Crippen LogP contribution in [0.4, 0.5) is 0 Å². The molecule has 0 radical (unpaired) electrons. The Morgan fingerprint density at radius 2 is 1.06 bits per heavy atom. The van der Waals surface area contributed by atoms with Crippen molar-refractivity contribution in [2.24, 2.45) is 0 Å². The minimum Gasteiger partial charge on any atom is -0.494 e. The third-order valence-corrected chi connectivity index (χ3v) is 10.2. The SMILES string of the molecule is CC=C(CCCCC)c1ccc2c(c1)C(c1ccc(OCCCCCC)cc1)(c1ccc(OCCCCCC)cc1)c1cc(C)ccc1-2. The summed E-state index contributed by atoms with van der Waals surface area (Å²) in [5.41, 5.74) is 11.5. The van der Waals surface area contributed by atoms with Crippen LogP contribution in [0, 0.1) is 6.92 Å². The van der Waals surface area contributed by atoms with E-state index >= 15 is 0 Å². The van der Waals surface area contributed by atoms with Crippen molar-refractivity contribution in [2.45, 2.75) is 117 Å². The van der Waals surface area contributed by atoms with Gasteiger partial charge in [-0.2, -0.15) is 0 Å². The molecule has 0 N–H and O–H groups in total. The highest BCUT2D eigenvalue weighted by Crippen LogP contribution is 2.57. The highest BCUT2D eigenvalue weighted by atomic mass is 16.5. The maximum atomic E-state index is 6.23. The number of aryl methyl sites for hydroxylation is 1. The maximum absolute atomic E-state index is 6.23. The van der Waals surface area contributed by atoms with Gasteiger partial charge in [0.1, 0.15) is 11.5 Å². The Kier molecular flexibility index (Phi) is 13.0. The highest BCUT2D eigenvalue weighted by Gasteiger charge is 2.46. The van der Waals surface area contributed by atoms with E-state index in [1.54, 1.807) is 0 Å². The lowest BCUT2D eigenvalue weighted by atomic mass is 9.67. The monoisotopic (exact) mass is 642 g/mol. The van der Waals surface area contributed by atoms with Gasteiger partial charge in [0.05, 0.1) is 18.6 Å². The summed E-state index contributed by atoms with van der Waals surface area (Å²) in [5, 5.41) is 0. The minimum absolute atomic E-state index is 0.464. The molecule has 4 aromatic carbocycles. The van der Waals surface area contributed by atoms with Gasteiger partial charge in [-0.05, 0) is 114 Å². The molecule has 0 unspecified atom stereocenters. The van der Waals surface area contributed by atoms with Crippen molar-refractivity contribution in [2.75, 3.05) is 13.2 Å². The smallest absolute Gasteiger partial charge is 0.119 e. The van der Waals surface area contributed by atoms with E-state index in [-0.39, 0.29) is 0 Å². The molecule has 0 atom stereocenters. The molecule has 0 amide bonds. The van der Waals surface area contributed by atoms with Gasteiger partial charge in [-0.15, -0.1) is 0 Å². The normalized spacial score (nSPS) is 13.3. The number of allylic oxidation sites excluding steroid dienone is 2. The zero-order chi connectivity index (χ0) is 33.8. The Labute approximate surface area is 291 Å². The predicted octanol–water partition coefficient (Wildman–Crippen LogP) is 13.3. The predicted molar refractivity (Wildman–Crippen MR) is 206 cm³/mol. The molecule has 0 fully saturated rings. The van der Waals surface area contributed by atoms with E-state index in [1.807, 2.05) is 0 Å². The molecule has 254 valence electrons. The van der Waals surface area contributed by atoms with E-state index in [0.717, 1.165) is 44.0 Å². The molecule has 0 saturated carbocycles. The van der Waals surface area contributed by atoms with Gasteiger partial charge in [-0.1, -0.05) is 138 Å². The van der Waals surface area contributed by atoms with Gasteiger partial charge in [0, 0.05) is 0 Å². The van der Waals surface area contributed by atoms with Crippen molar-refractivity contribution in [3.05, 3.63) is 124 Å². The molecule has 0 saturated heterocycles. The fourth-order valence-corrected chi connectivity index (χ4v) is 7.49. The summed E-state index contributed by atoms with van der Waals surface area (Å²) in [6.07, 6.45) is 16.8. The Morgan fingerprint density at radius 3 is 1.58 bits per heavy atom. The first-order valence-electron chi connectivity index (χ1n) is 18.9. The van der Waals surface area contributed by atoms with E-state index in [4.69, 9.17) is 9.47 Å². The topological polar surface area (TPSA) is 18.5 Å². The first-order valence-corrected chi connectivity index (χ1v) is 18.9. The molecular formula is C46H58O2. The van der Waals surface area contributed by atoms with E-state index in [1.165, 1.54) is 108 Å². The largest absolute Gasteiger partial charge is 0.494 e. The van der Waals surface area contributed by atoms with Gasteiger partial charge in [0.2, 0.25) is 0 Å². The lowest BCUT2D eigenvalue weighted by molar-refractivity contribution is 0.305. The summed E-state index contributed by atoms with van der Waals surface area (Å²) in [7, 11) is 0. The molecule has 0 aliphatic heterocycles. The molecule has 5 rings (SSSR count). The minimum atomic E-state index is -0.464. The highest BCUT2D eigenvalue weighted by molar-refractivity contribution is 5.88. The third kappa shape index (κ3) is 7.91. The first-order chi connectivity index (χ1) is 23.6. The zero-order valence-corrected chi connectivity index (χ0v) is 30.4. The van der Waals surface area contributed by atoms with Crippen molar-refractivity contribution >= 4 is 5.57 Å². The quantitative estimate of drug-likeness (QED) is 0.0835. The Morgan fingerprint density at radius 1 is 0.562 bits per heavy atom. The number of hydrogen-bond acceptors (Lipinski definition) is 2. The van der Waals surface area contributed by atoms with E-state index in [0.29, 0.717) is 0 Å². The number of fused-ring (bicyclic) bond motifs is 3. The van der Waals surface area contributed by atoms with E-state index in [9.17, 15) is 0 Å². The van der Waals surface area contributed by atoms with Crippen LogP contribution in [0.5, 0.6) is 11.5 Å². The molecule has 0 bridgehead atoms. The molecule has 4 aromatic rings. The molecule has 1 aliphatic carbocycles. The van der Waals surface area contributed by atoms with Crippen LogP contribution >= 0.6 is 0 Å². The molecule has 48 heavy (non-hydrogen) atoms. The molecule has 1 aliphatic rings. The van der Waals surface area contributed by atoms with Crippen molar-refractivity contribution in [3.8, 4) is 22.6 Å². The summed E-state index contributed by atoms with van der Waals surface area (Å²) in [6, 6.07) is 32.2. The van der Waals surface area contributed by atoms with Gasteiger partial charge < -0.3 is 9.47 Å². The lowest BCUT2D eigenvalue weighted by Gasteiger charge is -2.34. The van der Waals surface area contributed by atoms with Crippen molar-refractivity contribution in [3.63, 3.8) is 0 Å². The Bertz CT molecular complexity index is 1550. The van der Waals surface area contributed by atoms with Crippen molar-refractivity contribution in [1.82, 2.24) is 0 Å². The second-order valence-corrected chi connectivity index (χ2v) is 13.7. The van der Waals surface area contributed by atoms with Crippen LogP contribution in [0.3, 0.4) is 0 Å². The van der Waals surface area contributed by atoms with Crippen LogP contribution in [-0.2, 0) is 5.41 Å². The fourth-order valence-electron chi connectivity index (χ4n) is 7.49. The number of benzene rings is 4. The summed E-state index contributed by atoms with van der Waals surface area (Å²) >= 11 is 0. The van der Waals surface area contributed by atoms with Crippen LogP contribution in [0.15, 0.2) is 91.0 Å². The van der Waals surface area contributed by atoms with Crippen LogP contribution in [0.2, 0.25) is 0 Å². The van der Waals surface area contributed by atoms with Gasteiger partial charge >= 0.3 is 0 Å². The van der Waals surface area contributed by atoms with Crippen LogP contribution in [0.25, 0.3) is 16.7 Å². The second-order valence-electron chi connectivity index (χ2n) is 13.7. The van der Waals surface area contributed by atoms with Crippen LogP contribution in [0.1, 0.15) is 138 Å². The molecule has 0 aromatic heterocycles. The number of ether oxygens (including phenoxy) is 2. The van der Waals surface area contributed by atoms with Gasteiger partial charge in [0.25, 0.3) is 0 Å².